The van der Waals surface area contributed by atoms with Crippen LogP contribution in [0, 0.1) is 0 Å². The Morgan fingerprint density at radius 2 is 1.21 bits per heavy atom. The maximum atomic E-state index is 13.4. The Hall–Kier alpha value is -3.75. The van der Waals surface area contributed by atoms with E-state index in [1.54, 1.807) is 0 Å². The molecule has 3 aliphatic heterocycles. The molecule has 15 atom stereocenters. The van der Waals surface area contributed by atoms with E-state index in [0.717, 1.165) is 6.08 Å². The van der Waals surface area contributed by atoms with Crippen molar-refractivity contribution in [2.75, 3.05) is 33.5 Å². The van der Waals surface area contributed by atoms with Crippen molar-refractivity contribution in [1.29, 1.82) is 0 Å². The van der Waals surface area contributed by atoms with Crippen LogP contribution in [-0.4, -0.2) is 193 Å². The van der Waals surface area contributed by atoms with E-state index in [9.17, 15) is 66.1 Å². The predicted molar refractivity (Wildman–Crippen MR) is 186 cm³/mol. The molecule has 0 aromatic heterocycles. The minimum Gasteiger partial charge on any atom is -0.504 e. The monoisotopic (exact) mass is 816 g/mol. The van der Waals surface area contributed by atoms with Crippen LogP contribution in [0.5, 0.6) is 23.0 Å². The number of aromatic hydroxyl groups is 3. The van der Waals surface area contributed by atoms with Gasteiger partial charge in [-0.15, -0.1) is 0 Å². The van der Waals surface area contributed by atoms with Gasteiger partial charge in [-0.2, -0.15) is 0 Å². The molecule has 3 heterocycles. The lowest BCUT2D eigenvalue weighted by atomic mass is 9.95. The van der Waals surface area contributed by atoms with Gasteiger partial charge in [0.1, 0.15) is 67.1 Å². The fraction of sp³-hybridized carbons (Fsp3) is 0.583. The fourth-order valence-electron chi connectivity index (χ4n) is 6.42. The number of rotatable bonds is 15. The summed E-state index contributed by atoms with van der Waals surface area (Å²) < 4.78 is 46.1. The Morgan fingerprint density at radius 1 is 0.649 bits per heavy atom. The highest BCUT2D eigenvalue weighted by atomic mass is 16.8. The second-order valence-corrected chi connectivity index (χ2v) is 13.4. The van der Waals surface area contributed by atoms with E-state index in [4.69, 9.17) is 37.9 Å². The highest BCUT2D eigenvalue weighted by Gasteiger charge is 2.56. The standard InChI is InChI=1S/C36H48O21/c1-50-20-11-15(3-6-18(20)41)4-7-24(43)55-31-23(14-39)54-36(51-9-8-16-2-5-17(40)19(42)10-16)33(57-35-30(49)28(47)26(45)22(13-38)53-35)32(31)56-34-29(48)27(46)25(44)21(12-37)52-34/h2-7,10-11,21-23,25-42,44-49H,8-9,12-14H2,1H3/b7-4+/t21-,22-,23-,25-,26-,27+,28+,29-,30-,31-,32+,33-,34+,35+,36-/m1/s1. The number of benzene rings is 2. The third-order valence-electron chi connectivity index (χ3n) is 9.63. The zero-order valence-electron chi connectivity index (χ0n) is 30.4. The van der Waals surface area contributed by atoms with Crippen LogP contribution in [0.3, 0.4) is 0 Å². The smallest absolute Gasteiger partial charge is 0.331 e. The van der Waals surface area contributed by atoms with Gasteiger partial charge in [-0.3, -0.25) is 0 Å². The number of hydrogen-bond acceptors (Lipinski definition) is 21. The van der Waals surface area contributed by atoms with E-state index < -0.39 is 124 Å². The molecule has 0 unspecified atom stereocenters. The van der Waals surface area contributed by atoms with E-state index in [1.807, 2.05) is 0 Å². The molecule has 3 aliphatic rings. The molecule has 0 radical (unpaired) electrons. The Balaban J connectivity index is 1.51. The quantitative estimate of drug-likeness (QED) is 0.0464. The molecule has 0 saturated carbocycles. The van der Waals surface area contributed by atoms with E-state index in [1.165, 1.54) is 49.6 Å². The summed E-state index contributed by atoms with van der Waals surface area (Å²) in [5.41, 5.74) is 0.860. The van der Waals surface area contributed by atoms with Crippen molar-refractivity contribution in [2.45, 2.75) is 98.5 Å². The molecule has 57 heavy (non-hydrogen) atoms. The average Bonchev–Trinajstić information content (AvgIpc) is 3.20. The highest BCUT2D eigenvalue weighted by molar-refractivity contribution is 5.87. The van der Waals surface area contributed by atoms with Crippen LogP contribution in [0.2, 0.25) is 0 Å². The topological polar surface area (TPSA) is 334 Å². The molecule has 21 nitrogen and oxygen atoms in total. The molecule has 21 heteroatoms. The van der Waals surface area contributed by atoms with Crippen LogP contribution < -0.4 is 4.74 Å². The maximum Gasteiger partial charge on any atom is 0.331 e. The molecule has 3 saturated heterocycles. The zero-order valence-corrected chi connectivity index (χ0v) is 30.4. The summed E-state index contributed by atoms with van der Waals surface area (Å²) >= 11 is 0. The van der Waals surface area contributed by atoms with E-state index >= 15 is 0 Å². The van der Waals surface area contributed by atoms with Crippen LogP contribution in [0.1, 0.15) is 11.1 Å². The average molecular weight is 817 g/mol. The first-order valence-corrected chi connectivity index (χ1v) is 17.8. The summed E-state index contributed by atoms with van der Waals surface area (Å²) in [7, 11) is 1.32. The molecule has 2 aromatic carbocycles. The summed E-state index contributed by atoms with van der Waals surface area (Å²) in [4.78, 5) is 13.4. The molecule has 0 aliphatic carbocycles. The van der Waals surface area contributed by atoms with Gasteiger partial charge in [-0.1, -0.05) is 12.1 Å². The Morgan fingerprint density at radius 3 is 1.77 bits per heavy atom. The van der Waals surface area contributed by atoms with Gasteiger partial charge >= 0.3 is 5.97 Å². The first-order valence-electron chi connectivity index (χ1n) is 17.8. The number of aliphatic hydroxyl groups is 9. The molecule has 2 aromatic rings. The van der Waals surface area contributed by atoms with Gasteiger partial charge < -0.3 is 99.2 Å². The van der Waals surface area contributed by atoms with Crippen molar-refractivity contribution in [3.05, 3.63) is 53.6 Å². The van der Waals surface area contributed by atoms with Crippen molar-refractivity contribution >= 4 is 12.0 Å². The molecular weight excluding hydrogens is 768 g/mol. The van der Waals surface area contributed by atoms with Crippen LogP contribution >= 0.6 is 0 Å². The first-order chi connectivity index (χ1) is 27.2. The maximum absolute atomic E-state index is 13.4. The number of aliphatic hydroxyl groups excluding tert-OH is 9. The SMILES string of the molecule is COc1cc(/C=C/C(=O)O[C@H]2[C@H](O[C@@H]3O[C@H](CO)[C@@H](O)[C@H](O)[C@H]3O)[C@@H](O[C@@H]3O[C@H](CO)[C@@H](O)[C@H](O)[C@H]3O)[C@H](OCCc3ccc(O)c(O)c3)O[C@@H]2CO)ccc1O. The summed E-state index contributed by atoms with van der Waals surface area (Å²) in [5, 5.41) is 124. The van der Waals surface area contributed by atoms with Crippen LogP contribution in [0.15, 0.2) is 42.5 Å². The third-order valence-corrected chi connectivity index (χ3v) is 9.63. The van der Waals surface area contributed by atoms with Crippen molar-refractivity contribution in [1.82, 2.24) is 0 Å². The van der Waals surface area contributed by atoms with Crippen molar-refractivity contribution < 1.29 is 104 Å². The highest BCUT2D eigenvalue weighted by Crippen LogP contribution is 2.36. The summed E-state index contributed by atoms with van der Waals surface area (Å²) in [6.07, 6.45) is -24.5. The second-order valence-electron chi connectivity index (χ2n) is 13.4. The summed E-state index contributed by atoms with van der Waals surface area (Å²) in [6.45, 7) is -2.82. The minimum absolute atomic E-state index is 0.0632. The molecule has 0 spiro atoms. The Labute approximate surface area is 324 Å². The minimum atomic E-state index is -2.02. The number of methoxy groups -OCH3 is 1. The fourth-order valence-corrected chi connectivity index (χ4v) is 6.42. The lowest BCUT2D eigenvalue weighted by Crippen LogP contribution is -2.67. The van der Waals surface area contributed by atoms with E-state index in [-0.39, 0.29) is 30.3 Å². The van der Waals surface area contributed by atoms with E-state index in [0.29, 0.717) is 11.1 Å². The van der Waals surface area contributed by atoms with Gasteiger partial charge in [-0.05, 0) is 47.9 Å². The molecule has 318 valence electrons. The molecule has 12 N–H and O–H groups in total. The van der Waals surface area contributed by atoms with Crippen molar-refractivity contribution in [3.8, 4) is 23.0 Å². The molecule has 0 amide bonds. The van der Waals surface area contributed by atoms with Crippen LogP contribution in [-0.2, 0) is 44.4 Å². The largest absolute Gasteiger partial charge is 0.504 e. The summed E-state index contributed by atoms with van der Waals surface area (Å²) in [6, 6.07) is 8.18. The van der Waals surface area contributed by atoms with Gasteiger partial charge in [0, 0.05) is 6.08 Å². The van der Waals surface area contributed by atoms with Crippen LogP contribution in [0.4, 0.5) is 0 Å². The van der Waals surface area contributed by atoms with Crippen LogP contribution in [0.25, 0.3) is 6.08 Å². The number of esters is 1. The third kappa shape index (κ3) is 10.3. The van der Waals surface area contributed by atoms with Gasteiger partial charge in [-0.25, -0.2) is 4.79 Å². The number of hydrogen-bond donors (Lipinski definition) is 12. The first kappa shape index (κ1) is 44.4. The zero-order chi connectivity index (χ0) is 41.6. The van der Waals surface area contributed by atoms with Gasteiger partial charge in [0.2, 0.25) is 0 Å². The van der Waals surface area contributed by atoms with Crippen molar-refractivity contribution in [3.63, 3.8) is 0 Å². The van der Waals surface area contributed by atoms with Gasteiger partial charge in [0.25, 0.3) is 0 Å². The normalized spacial score (nSPS) is 35.9. The Kier molecular flexibility index (Phi) is 15.4. The lowest BCUT2D eigenvalue weighted by Gasteiger charge is -2.49. The number of phenolic OH excluding ortho intramolecular Hbond substituents is 3. The molecule has 5 rings (SSSR count). The predicted octanol–water partition coefficient (Wildman–Crippen LogP) is -3.92. The number of carbonyl (C=O) groups excluding carboxylic acids is 1. The van der Waals surface area contributed by atoms with Gasteiger partial charge in [0.15, 0.2) is 48.0 Å². The molecular formula is C36H48O21. The number of ether oxygens (including phenoxy) is 8. The van der Waals surface area contributed by atoms with Crippen molar-refractivity contribution in [2.24, 2.45) is 0 Å². The van der Waals surface area contributed by atoms with E-state index in [2.05, 4.69) is 0 Å². The second kappa shape index (κ2) is 19.8. The Bertz CT molecular complexity index is 1640. The number of carbonyl (C=O) groups is 1. The van der Waals surface area contributed by atoms with Gasteiger partial charge in [0.05, 0.1) is 33.5 Å². The summed E-state index contributed by atoms with van der Waals surface area (Å²) in [5.74, 6) is -1.93. The molecule has 3 fully saturated rings. The lowest BCUT2D eigenvalue weighted by molar-refractivity contribution is -0.391. The number of phenols is 3. The molecule has 0 bridgehead atoms.